The molecule has 0 aromatic heterocycles. The van der Waals surface area contributed by atoms with E-state index in [1.165, 1.54) is 12.1 Å². The second kappa shape index (κ2) is 6.67. The van der Waals surface area contributed by atoms with Crippen molar-refractivity contribution in [1.82, 2.24) is 10.2 Å². The quantitative estimate of drug-likeness (QED) is 0.668. The molecule has 6 nitrogen and oxygen atoms in total. The molecule has 2 unspecified atom stereocenters. The molecule has 110 valence electrons. The molecule has 1 aliphatic heterocycles. The summed E-state index contributed by atoms with van der Waals surface area (Å²) in [5, 5.41) is 14.0. The van der Waals surface area contributed by atoms with Gasteiger partial charge in [-0.3, -0.25) is 14.9 Å². The highest BCUT2D eigenvalue weighted by atomic mass is 35.5. The van der Waals surface area contributed by atoms with E-state index >= 15 is 0 Å². The fraction of sp³-hybridized carbons (Fsp3) is 0.462. The molecule has 2 atom stereocenters. The molecule has 0 aliphatic carbocycles. The Hall–Kier alpha value is -1.66. The van der Waals surface area contributed by atoms with Crippen molar-refractivity contribution in [2.45, 2.75) is 25.9 Å². The predicted octanol–water partition coefficient (Wildman–Crippen LogP) is 1.84. The van der Waals surface area contributed by atoms with Crippen molar-refractivity contribution in [2.75, 3.05) is 13.1 Å². The van der Waals surface area contributed by atoms with Crippen LogP contribution in [-0.4, -0.2) is 40.9 Å². The van der Waals surface area contributed by atoms with Crippen molar-refractivity contribution >= 4 is 24.0 Å². The molecule has 1 aliphatic rings. The maximum absolute atomic E-state index is 12.4. The fourth-order valence-corrected chi connectivity index (χ4v) is 2.26. The second-order valence-corrected chi connectivity index (χ2v) is 4.79. The number of nitro groups is 1. The molecule has 0 bridgehead atoms. The van der Waals surface area contributed by atoms with Gasteiger partial charge in [-0.25, -0.2) is 0 Å². The van der Waals surface area contributed by atoms with Gasteiger partial charge in [-0.15, -0.1) is 12.4 Å². The number of nitro benzene ring substituents is 1. The summed E-state index contributed by atoms with van der Waals surface area (Å²) in [4.78, 5) is 24.4. The summed E-state index contributed by atoms with van der Waals surface area (Å²) < 4.78 is 0. The van der Waals surface area contributed by atoms with Gasteiger partial charge in [0.1, 0.15) is 0 Å². The summed E-state index contributed by atoms with van der Waals surface area (Å²) in [6, 6.07) is 6.18. The van der Waals surface area contributed by atoms with E-state index in [1.807, 2.05) is 13.8 Å². The minimum atomic E-state index is -0.486. The van der Waals surface area contributed by atoms with Gasteiger partial charge in [-0.2, -0.15) is 0 Å². The highest BCUT2D eigenvalue weighted by Crippen LogP contribution is 2.18. The molecule has 1 saturated heterocycles. The molecule has 0 saturated carbocycles. The summed E-state index contributed by atoms with van der Waals surface area (Å²) in [6.45, 7) is 5.36. The van der Waals surface area contributed by atoms with Gasteiger partial charge in [0.2, 0.25) is 0 Å². The fourth-order valence-electron chi connectivity index (χ4n) is 2.26. The number of hydrogen-bond donors (Lipinski definition) is 1. The summed E-state index contributed by atoms with van der Waals surface area (Å²) in [5.41, 5.74) is 0.317. The van der Waals surface area contributed by atoms with Gasteiger partial charge < -0.3 is 10.2 Å². The zero-order chi connectivity index (χ0) is 14.0. The first kappa shape index (κ1) is 16.4. The van der Waals surface area contributed by atoms with E-state index < -0.39 is 4.92 Å². The molecule has 1 aromatic rings. The van der Waals surface area contributed by atoms with Crippen LogP contribution in [0.2, 0.25) is 0 Å². The molecule has 0 spiro atoms. The standard InChI is InChI=1S/C13H17N3O3.ClH/c1-9-10(2)15(7-6-14-9)13(17)11-4-3-5-12(8-11)16(18)19;/h3-5,8-10,14H,6-7H2,1-2H3;1H. The molecular weight excluding hydrogens is 282 g/mol. The number of halogens is 1. The molecule has 1 aromatic carbocycles. The Labute approximate surface area is 123 Å². The molecule has 1 fully saturated rings. The molecular formula is C13H18ClN3O3. The Morgan fingerprint density at radius 3 is 2.80 bits per heavy atom. The average Bonchev–Trinajstić information content (AvgIpc) is 2.41. The molecule has 0 radical (unpaired) electrons. The van der Waals surface area contributed by atoms with Crippen LogP contribution in [0.25, 0.3) is 0 Å². The van der Waals surface area contributed by atoms with E-state index in [-0.39, 0.29) is 36.1 Å². The maximum atomic E-state index is 12.4. The number of benzene rings is 1. The van der Waals surface area contributed by atoms with Crippen LogP contribution in [-0.2, 0) is 0 Å². The Morgan fingerprint density at radius 1 is 1.45 bits per heavy atom. The number of piperazine rings is 1. The largest absolute Gasteiger partial charge is 0.333 e. The number of non-ortho nitro benzene ring substituents is 1. The third-order valence-corrected chi connectivity index (χ3v) is 3.60. The number of nitrogens with zero attached hydrogens (tertiary/aromatic N) is 2. The number of nitrogens with one attached hydrogen (secondary N) is 1. The first-order valence-electron chi connectivity index (χ1n) is 6.29. The number of rotatable bonds is 2. The van der Waals surface area contributed by atoms with Gasteiger partial charge >= 0.3 is 0 Å². The van der Waals surface area contributed by atoms with E-state index in [9.17, 15) is 14.9 Å². The van der Waals surface area contributed by atoms with Crippen molar-refractivity contribution in [3.05, 3.63) is 39.9 Å². The number of hydrogen-bond acceptors (Lipinski definition) is 4. The zero-order valence-corrected chi connectivity index (χ0v) is 12.2. The lowest BCUT2D eigenvalue weighted by Crippen LogP contribution is -2.57. The molecule has 1 heterocycles. The highest BCUT2D eigenvalue weighted by Gasteiger charge is 2.29. The van der Waals surface area contributed by atoms with E-state index in [4.69, 9.17) is 0 Å². The van der Waals surface area contributed by atoms with Crippen molar-refractivity contribution < 1.29 is 9.72 Å². The van der Waals surface area contributed by atoms with Crippen LogP contribution in [0.1, 0.15) is 24.2 Å². The minimum absolute atomic E-state index is 0. The van der Waals surface area contributed by atoms with Crippen LogP contribution in [0.5, 0.6) is 0 Å². The molecule has 2 rings (SSSR count). The van der Waals surface area contributed by atoms with E-state index in [1.54, 1.807) is 17.0 Å². The van der Waals surface area contributed by atoms with Gasteiger partial charge in [0, 0.05) is 42.9 Å². The van der Waals surface area contributed by atoms with Crippen molar-refractivity contribution in [1.29, 1.82) is 0 Å². The number of carbonyl (C=O) groups is 1. The SMILES string of the molecule is CC1NCCN(C(=O)c2cccc([N+](=O)[O-])c2)C1C.Cl. The highest BCUT2D eigenvalue weighted by molar-refractivity contribution is 5.95. The van der Waals surface area contributed by atoms with Gasteiger partial charge in [0.15, 0.2) is 0 Å². The van der Waals surface area contributed by atoms with Gasteiger partial charge in [0.25, 0.3) is 11.6 Å². The van der Waals surface area contributed by atoms with Crippen LogP contribution in [0.4, 0.5) is 5.69 Å². The topological polar surface area (TPSA) is 75.5 Å². The molecule has 7 heteroatoms. The Balaban J connectivity index is 0.00000200. The van der Waals surface area contributed by atoms with E-state index in [0.29, 0.717) is 12.1 Å². The third-order valence-electron chi connectivity index (χ3n) is 3.60. The summed E-state index contributed by atoms with van der Waals surface area (Å²) in [6.07, 6.45) is 0. The monoisotopic (exact) mass is 299 g/mol. The third kappa shape index (κ3) is 3.26. The summed E-state index contributed by atoms with van der Waals surface area (Å²) >= 11 is 0. The first-order valence-corrected chi connectivity index (χ1v) is 6.29. The molecule has 1 amide bonds. The lowest BCUT2D eigenvalue weighted by atomic mass is 10.1. The lowest BCUT2D eigenvalue weighted by Gasteiger charge is -2.38. The molecule has 1 N–H and O–H groups in total. The van der Waals surface area contributed by atoms with Gasteiger partial charge in [-0.1, -0.05) is 6.07 Å². The summed E-state index contributed by atoms with van der Waals surface area (Å²) in [7, 11) is 0. The Kier molecular flexibility index (Phi) is 5.47. The predicted molar refractivity (Wildman–Crippen MR) is 78.3 cm³/mol. The van der Waals surface area contributed by atoms with Crippen molar-refractivity contribution in [3.8, 4) is 0 Å². The van der Waals surface area contributed by atoms with Crippen LogP contribution in [0.15, 0.2) is 24.3 Å². The first-order chi connectivity index (χ1) is 9.00. The van der Waals surface area contributed by atoms with E-state index in [0.717, 1.165) is 6.54 Å². The zero-order valence-electron chi connectivity index (χ0n) is 11.4. The van der Waals surface area contributed by atoms with Gasteiger partial charge in [-0.05, 0) is 19.9 Å². The lowest BCUT2D eigenvalue weighted by molar-refractivity contribution is -0.384. The maximum Gasteiger partial charge on any atom is 0.270 e. The molecule has 20 heavy (non-hydrogen) atoms. The van der Waals surface area contributed by atoms with Crippen molar-refractivity contribution in [3.63, 3.8) is 0 Å². The number of carbonyl (C=O) groups excluding carboxylic acids is 1. The minimum Gasteiger partial charge on any atom is -0.333 e. The Morgan fingerprint density at radius 2 is 2.15 bits per heavy atom. The van der Waals surface area contributed by atoms with Gasteiger partial charge in [0.05, 0.1) is 4.92 Å². The Bertz CT molecular complexity index is 509. The van der Waals surface area contributed by atoms with Crippen molar-refractivity contribution in [2.24, 2.45) is 0 Å². The van der Waals surface area contributed by atoms with Crippen LogP contribution in [0.3, 0.4) is 0 Å². The average molecular weight is 300 g/mol. The normalized spacial score (nSPS) is 22.0. The number of amides is 1. The summed E-state index contributed by atoms with van der Waals surface area (Å²) in [5.74, 6) is -0.149. The van der Waals surface area contributed by atoms with Crippen LogP contribution < -0.4 is 5.32 Å². The van der Waals surface area contributed by atoms with Crippen LogP contribution in [0, 0.1) is 10.1 Å². The van der Waals surface area contributed by atoms with Crippen LogP contribution >= 0.6 is 12.4 Å². The smallest absolute Gasteiger partial charge is 0.270 e. The second-order valence-electron chi connectivity index (χ2n) is 4.79. The van der Waals surface area contributed by atoms with E-state index in [2.05, 4.69) is 5.32 Å².